The van der Waals surface area contributed by atoms with E-state index in [2.05, 4.69) is 50.6 Å². The average molecular weight is 402 g/mol. The van der Waals surface area contributed by atoms with E-state index in [1.807, 2.05) is 6.07 Å². The average Bonchev–Trinajstić information content (AvgIpc) is 2.42. The monoisotopic (exact) mass is 402 g/mol. The maximum absolute atomic E-state index is 9.51. The quantitative estimate of drug-likeness (QED) is 0.665. The molecule has 62 valence electrons. The summed E-state index contributed by atoms with van der Waals surface area (Å²) >= 11 is 6.17. The van der Waals surface area contributed by atoms with Crippen LogP contribution in [0.25, 0.3) is 10.1 Å². The van der Waals surface area contributed by atoms with Crippen LogP contribution < -0.4 is 0 Å². The first-order chi connectivity index (χ1) is 5.70. The zero-order valence-electron chi connectivity index (χ0n) is 5.84. The number of fused-ring (bicyclic) bond motifs is 1. The molecule has 0 fully saturated rings. The molecule has 12 heavy (non-hydrogen) atoms. The molecule has 0 atom stereocenters. The lowest BCUT2D eigenvalue weighted by Crippen LogP contribution is -1.74. The summed E-state index contributed by atoms with van der Waals surface area (Å²) in [6.45, 7) is 0. The van der Waals surface area contributed by atoms with Gasteiger partial charge >= 0.3 is 0 Å². The maximum Gasteiger partial charge on any atom is 0.133 e. The van der Waals surface area contributed by atoms with Crippen LogP contribution in [0.5, 0.6) is 5.75 Å². The summed E-state index contributed by atoms with van der Waals surface area (Å²) in [5.41, 5.74) is 0. The van der Waals surface area contributed by atoms with E-state index >= 15 is 0 Å². The summed E-state index contributed by atoms with van der Waals surface area (Å²) < 4.78 is 3.41. The van der Waals surface area contributed by atoms with Gasteiger partial charge in [-0.1, -0.05) is 0 Å². The number of phenols is 1. The fraction of sp³-hybridized carbons (Fsp3) is 0. The lowest BCUT2D eigenvalue weighted by atomic mass is 10.2. The number of halogens is 2. The predicted octanol–water partition coefficient (Wildman–Crippen LogP) is 3.82. The fourth-order valence-electron chi connectivity index (χ4n) is 1.06. The number of phenolic OH excluding ortho intramolecular Hbond substituents is 1. The number of hydrogen-bond donors (Lipinski definition) is 1. The number of rotatable bonds is 0. The molecule has 0 amide bonds. The van der Waals surface area contributed by atoms with E-state index in [-0.39, 0.29) is 0 Å². The van der Waals surface area contributed by atoms with Gasteiger partial charge in [0.2, 0.25) is 0 Å². The number of thiophene rings is 1. The fourth-order valence-corrected chi connectivity index (χ4v) is 4.49. The molecule has 0 spiro atoms. The molecule has 0 bridgehead atoms. The topological polar surface area (TPSA) is 20.2 Å². The van der Waals surface area contributed by atoms with Crippen LogP contribution >= 0.6 is 56.5 Å². The zero-order chi connectivity index (χ0) is 8.72. The lowest BCUT2D eigenvalue weighted by Gasteiger charge is -1.97. The molecule has 1 N–H and O–H groups in total. The standard InChI is InChI=1S/C8H4I2OS/c9-4-1-2-6(11)8-7(4)5(10)3-12-8/h1-3,11H. The molecule has 2 rings (SSSR count). The van der Waals surface area contributed by atoms with Gasteiger partial charge < -0.3 is 5.11 Å². The largest absolute Gasteiger partial charge is 0.506 e. The summed E-state index contributed by atoms with van der Waals surface area (Å²) in [4.78, 5) is 0. The van der Waals surface area contributed by atoms with Crippen molar-refractivity contribution < 1.29 is 5.11 Å². The molecule has 0 unspecified atom stereocenters. The van der Waals surface area contributed by atoms with Gasteiger partial charge in [0.1, 0.15) is 5.75 Å². The van der Waals surface area contributed by atoms with Crippen LogP contribution in [0.2, 0.25) is 0 Å². The molecule has 0 saturated heterocycles. The second kappa shape index (κ2) is 3.30. The van der Waals surface area contributed by atoms with Gasteiger partial charge in [0, 0.05) is 17.9 Å². The minimum atomic E-state index is 0.387. The van der Waals surface area contributed by atoms with E-state index in [1.54, 1.807) is 17.4 Å². The van der Waals surface area contributed by atoms with Gasteiger partial charge in [-0.2, -0.15) is 0 Å². The Morgan fingerprint density at radius 2 is 1.92 bits per heavy atom. The predicted molar refractivity (Wildman–Crippen MR) is 68.9 cm³/mol. The van der Waals surface area contributed by atoms with Crippen LogP contribution in [0.3, 0.4) is 0 Å². The third kappa shape index (κ3) is 1.33. The van der Waals surface area contributed by atoms with Crippen molar-refractivity contribution in [2.45, 2.75) is 0 Å². The van der Waals surface area contributed by atoms with Crippen LogP contribution in [0.1, 0.15) is 0 Å². The summed E-state index contributed by atoms with van der Waals surface area (Å²) in [5, 5.41) is 12.8. The van der Waals surface area contributed by atoms with Gasteiger partial charge in [0.05, 0.1) is 4.70 Å². The van der Waals surface area contributed by atoms with E-state index < -0.39 is 0 Å². The van der Waals surface area contributed by atoms with E-state index in [0.717, 1.165) is 4.70 Å². The molecule has 4 heteroatoms. The molecule has 0 radical (unpaired) electrons. The first-order valence-electron chi connectivity index (χ1n) is 3.24. The summed E-state index contributed by atoms with van der Waals surface area (Å²) in [6.07, 6.45) is 0. The van der Waals surface area contributed by atoms with E-state index in [4.69, 9.17) is 0 Å². The normalized spacial score (nSPS) is 10.8. The van der Waals surface area contributed by atoms with Gasteiger partial charge in [-0.05, 0) is 57.3 Å². The zero-order valence-corrected chi connectivity index (χ0v) is 11.0. The second-order valence-corrected chi connectivity index (χ2v) is 5.56. The molecule has 0 aliphatic heterocycles. The van der Waals surface area contributed by atoms with Gasteiger partial charge in [-0.25, -0.2) is 0 Å². The van der Waals surface area contributed by atoms with Crippen molar-refractivity contribution >= 4 is 66.6 Å². The van der Waals surface area contributed by atoms with Crippen molar-refractivity contribution in [3.8, 4) is 5.75 Å². The van der Waals surface area contributed by atoms with Gasteiger partial charge in [-0.3, -0.25) is 0 Å². The van der Waals surface area contributed by atoms with Crippen LogP contribution in [-0.4, -0.2) is 5.11 Å². The molecule has 0 aliphatic rings. The lowest BCUT2D eigenvalue weighted by molar-refractivity contribution is 0.482. The second-order valence-electron chi connectivity index (χ2n) is 2.35. The molecule has 0 aliphatic carbocycles. The SMILES string of the molecule is Oc1ccc(I)c2c(I)csc12. The Bertz CT molecular complexity index is 436. The molecule has 1 heterocycles. The third-order valence-corrected chi connectivity index (χ3v) is 4.78. The highest BCUT2D eigenvalue weighted by Gasteiger charge is 2.08. The van der Waals surface area contributed by atoms with E-state index in [0.29, 0.717) is 5.75 Å². The Balaban J connectivity index is 2.98. The van der Waals surface area contributed by atoms with E-state index in [9.17, 15) is 5.11 Å². The number of hydrogen-bond acceptors (Lipinski definition) is 2. The summed E-state index contributed by atoms with van der Waals surface area (Å²) in [5.74, 6) is 0.387. The van der Waals surface area contributed by atoms with Crippen molar-refractivity contribution in [3.63, 3.8) is 0 Å². The Labute approximate surface area is 101 Å². The Hall–Kier alpha value is 0.440. The summed E-state index contributed by atoms with van der Waals surface area (Å²) in [6, 6.07) is 3.68. The van der Waals surface area contributed by atoms with Crippen molar-refractivity contribution in [1.29, 1.82) is 0 Å². The van der Waals surface area contributed by atoms with Crippen LogP contribution in [-0.2, 0) is 0 Å². The molecular weight excluding hydrogens is 398 g/mol. The van der Waals surface area contributed by atoms with E-state index in [1.165, 1.54) is 12.5 Å². The molecule has 1 nitrogen and oxygen atoms in total. The first kappa shape index (κ1) is 9.01. The highest BCUT2D eigenvalue weighted by Crippen LogP contribution is 2.36. The molecule has 1 aromatic heterocycles. The minimum Gasteiger partial charge on any atom is -0.506 e. The molecular formula is C8H4I2OS. The Morgan fingerprint density at radius 1 is 1.17 bits per heavy atom. The Morgan fingerprint density at radius 3 is 2.58 bits per heavy atom. The molecule has 1 aromatic carbocycles. The highest BCUT2D eigenvalue weighted by atomic mass is 127. The van der Waals surface area contributed by atoms with Crippen molar-refractivity contribution in [3.05, 3.63) is 24.7 Å². The van der Waals surface area contributed by atoms with Gasteiger partial charge in [0.15, 0.2) is 0 Å². The number of aromatic hydroxyl groups is 1. The molecule has 2 aromatic rings. The van der Waals surface area contributed by atoms with Crippen molar-refractivity contribution in [2.75, 3.05) is 0 Å². The summed E-state index contributed by atoms with van der Waals surface area (Å²) in [7, 11) is 0. The molecule has 0 saturated carbocycles. The van der Waals surface area contributed by atoms with Crippen LogP contribution in [0, 0.1) is 7.14 Å². The number of benzene rings is 1. The first-order valence-corrected chi connectivity index (χ1v) is 6.28. The maximum atomic E-state index is 9.51. The van der Waals surface area contributed by atoms with Crippen LogP contribution in [0.15, 0.2) is 17.5 Å². The third-order valence-electron chi connectivity index (χ3n) is 1.61. The highest BCUT2D eigenvalue weighted by molar-refractivity contribution is 14.1. The smallest absolute Gasteiger partial charge is 0.133 e. The minimum absolute atomic E-state index is 0.387. The van der Waals surface area contributed by atoms with Gasteiger partial charge in [0.25, 0.3) is 0 Å². The Kier molecular flexibility index (Phi) is 2.48. The van der Waals surface area contributed by atoms with Crippen molar-refractivity contribution in [1.82, 2.24) is 0 Å². The van der Waals surface area contributed by atoms with Gasteiger partial charge in [-0.15, -0.1) is 11.3 Å². The van der Waals surface area contributed by atoms with Crippen LogP contribution in [0.4, 0.5) is 0 Å². The van der Waals surface area contributed by atoms with Crippen molar-refractivity contribution in [2.24, 2.45) is 0 Å².